The van der Waals surface area contributed by atoms with Gasteiger partial charge >= 0.3 is 0 Å². The molecule has 2 fully saturated rings. The molecule has 10 heavy (non-hydrogen) atoms. The zero-order chi connectivity index (χ0) is 7.19. The Bertz CT molecular complexity index is 134. The number of hydrogen-bond acceptors (Lipinski definition) is 0. The molecule has 0 amide bonds. The molecule has 0 aliphatic heterocycles. The van der Waals surface area contributed by atoms with Crippen LogP contribution in [0.15, 0.2) is 0 Å². The number of halogens is 1. The minimum Gasteiger partial charge on any atom is -0.0884 e. The van der Waals surface area contributed by atoms with E-state index < -0.39 is 0 Å². The first-order valence-electron chi connectivity index (χ1n) is 4.37. The topological polar surface area (TPSA) is 0 Å². The van der Waals surface area contributed by atoms with Gasteiger partial charge in [0.2, 0.25) is 0 Å². The van der Waals surface area contributed by atoms with Crippen molar-refractivity contribution in [3.8, 4) is 0 Å². The average molecular weight is 203 g/mol. The van der Waals surface area contributed by atoms with Crippen molar-refractivity contribution >= 4 is 15.9 Å². The van der Waals surface area contributed by atoms with E-state index in [9.17, 15) is 0 Å². The van der Waals surface area contributed by atoms with Crippen molar-refractivity contribution < 1.29 is 0 Å². The van der Waals surface area contributed by atoms with Gasteiger partial charge in [0.25, 0.3) is 0 Å². The van der Waals surface area contributed by atoms with Crippen LogP contribution in [0.25, 0.3) is 0 Å². The van der Waals surface area contributed by atoms with E-state index in [0.717, 1.165) is 16.2 Å². The van der Waals surface area contributed by atoms with Crippen LogP contribution >= 0.6 is 15.9 Å². The van der Waals surface area contributed by atoms with E-state index in [0.29, 0.717) is 0 Å². The molecule has 58 valence electrons. The molecule has 0 aromatic heterocycles. The maximum Gasteiger partial charge on any atom is 0.0208 e. The van der Waals surface area contributed by atoms with Crippen molar-refractivity contribution in [2.45, 2.75) is 43.9 Å². The third-order valence-electron chi connectivity index (χ3n) is 3.36. The third kappa shape index (κ3) is 1.03. The molecular weight excluding hydrogens is 188 g/mol. The Labute approximate surface area is 71.5 Å². The lowest BCUT2D eigenvalue weighted by atomic mass is 9.81. The van der Waals surface area contributed by atoms with Gasteiger partial charge in [-0.15, -0.1) is 0 Å². The SMILES string of the molecule is CC1CCC2(CC1)CC2Br. The first-order valence-corrected chi connectivity index (χ1v) is 5.29. The van der Waals surface area contributed by atoms with E-state index in [2.05, 4.69) is 22.9 Å². The Morgan fingerprint density at radius 2 is 1.80 bits per heavy atom. The minimum atomic E-state index is 0.784. The maximum atomic E-state index is 3.72. The summed E-state index contributed by atoms with van der Waals surface area (Å²) in [6, 6.07) is 0. The molecule has 2 aliphatic rings. The Morgan fingerprint density at radius 3 is 2.20 bits per heavy atom. The summed E-state index contributed by atoms with van der Waals surface area (Å²) in [5, 5.41) is 0. The third-order valence-corrected chi connectivity index (χ3v) is 4.66. The molecule has 0 saturated heterocycles. The fourth-order valence-electron chi connectivity index (χ4n) is 2.15. The second kappa shape index (κ2) is 2.23. The first kappa shape index (κ1) is 7.15. The van der Waals surface area contributed by atoms with E-state index in [-0.39, 0.29) is 0 Å². The van der Waals surface area contributed by atoms with Gasteiger partial charge in [0.1, 0.15) is 0 Å². The van der Waals surface area contributed by atoms with Crippen LogP contribution in [0.3, 0.4) is 0 Å². The molecule has 0 aromatic rings. The molecule has 2 rings (SSSR count). The normalized spacial score (nSPS) is 53.4. The highest BCUT2D eigenvalue weighted by Gasteiger charge is 2.52. The van der Waals surface area contributed by atoms with Crippen molar-refractivity contribution in [3.63, 3.8) is 0 Å². The monoisotopic (exact) mass is 202 g/mol. The van der Waals surface area contributed by atoms with Crippen LogP contribution in [0.5, 0.6) is 0 Å². The van der Waals surface area contributed by atoms with Crippen molar-refractivity contribution in [2.24, 2.45) is 11.3 Å². The largest absolute Gasteiger partial charge is 0.0884 e. The lowest BCUT2D eigenvalue weighted by Crippen LogP contribution is -2.14. The number of alkyl halides is 1. The van der Waals surface area contributed by atoms with Gasteiger partial charge < -0.3 is 0 Å². The minimum absolute atomic E-state index is 0.784. The maximum absolute atomic E-state index is 3.72. The molecule has 1 unspecified atom stereocenters. The lowest BCUT2D eigenvalue weighted by molar-refractivity contribution is 0.274. The van der Waals surface area contributed by atoms with Crippen LogP contribution in [-0.4, -0.2) is 4.83 Å². The van der Waals surface area contributed by atoms with E-state index in [4.69, 9.17) is 0 Å². The fourth-order valence-corrected chi connectivity index (χ4v) is 3.25. The van der Waals surface area contributed by atoms with Gasteiger partial charge in [0.05, 0.1) is 0 Å². The molecule has 0 nitrogen and oxygen atoms in total. The van der Waals surface area contributed by atoms with Gasteiger partial charge in [0.15, 0.2) is 0 Å². The summed E-state index contributed by atoms with van der Waals surface area (Å²) in [5.41, 5.74) is 0.784. The summed E-state index contributed by atoms with van der Waals surface area (Å²) in [5.74, 6) is 1.01. The Balaban J connectivity index is 1.93. The van der Waals surface area contributed by atoms with Crippen LogP contribution in [0.2, 0.25) is 0 Å². The first-order chi connectivity index (χ1) is 4.73. The Kier molecular flexibility index (Phi) is 1.59. The zero-order valence-electron chi connectivity index (χ0n) is 6.57. The van der Waals surface area contributed by atoms with Gasteiger partial charge in [-0.25, -0.2) is 0 Å². The van der Waals surface area contributed by atoms with Crippen LogP contribution in [0, 0.1) is 11.3 Å². The van der Waals surface area contributed by atoms with Crippen LogP contribution in [0.1, 0.15) is 39.0 Å². The van der Waals surface area contributed by atoms with Crippen molar-refractivity contribution in [3.05, 3.63) is 0 Å². The quantitative estimate of drug-likeness (QED) is 0.529. The van der Waals surface area contributed by atoms with E-state index in [1.807, 2.05) is 0 Å². The highest BCUT2D eigenvalue weighted by Crippen LogP contribution is 2.60. The standard InChI is InChI=1S/C9H15Br/c1-7-2-4-9(5-3-7)6-8(9)10/h7-8H,2-6H2,1H3. The molecule has 1 heteroatoms. The average Bonchev–Trinajstić information content (AvgIpc) is 2.53. The Hall–Kier alpha value is 0.480. The summed E-state index contributed by atoms with van der Waals surface area (Å²) < 4.78 is 0. The van der Waals surface area contributed by atoms with Crippen molar-refractivity contribution in [1.29, 1.82) is 0 Å². The van der Waals surface area contributed by atoms with Gasteiger partial charge in [0, 0.05) is 4.83 Å². The summed E-state index contributed by atoms with van der Waals surface area (Å²) in [6.07, 6.45) is 7.39. The molecule has 1 atom stereocenters. The number of rotatable bonds is 0. The van der Waals surface area contributed by atoms with Crippen LogP contribution in [0.4, 0.5) is 0 Å². The highest BCUT2D eigenvalue weighted by molar-refractivity contribution is 9.09. The molecule has 0 N–H and O–H groups in total. The van der Waals surface area contributed by atoms with Gasteiger partial charge in [-0.05, 0) is 30.6 Å². The summed E-state index contributed by atoms with van der Waals surface area (Å²) in [7, 11) is 0. The Morgan fingerprint density at radius 1 is 1.30 bits per heavy atom. The van der Waals surface area contributed by atoms with E-state index in [1.54, 1.807) is 0 Å². The van der Waals surface area contributed by atoms with Crippen molar-refractivity contribution in [1.82, 2.24) is 0 Å². The molecular formula is C9H15Br. The van der Waals surface area contributed by atoms with Crippen molar-refractivity contribution in [2.75, 3.05) is 0 Å². The second-order valence-electron chi connectivity index (χ2n) is 4.22. The lowest BCUT2D eigenvalue weighted by Gasteiger charge is -2.26. The van der Waals surface area contributed by atoms with Gasteiger partial charge in [-0.2, -0.15) is 0 Å². The summed E-state index contributed by atoms with van der Waals surface area (Å²) >= 11 is 3.72. The molecule has 0 bridgehead atoms. The predicted octanol–water partition coefficient (Wildman–Crippen LogP) is 3.35. The predicted molar refractivity (Wildman–Crippen MR) is 47.4 cm³/mol. The molecule has 1 spiro atoms. The molecule has 0 aromatic carbocycles. The van der Waals surface area contributed by atoms with E-state index >= 15 is 0 Å². The summed E-state index contributed by atoms with van der Waals surface area (Å²) in [4.78, 5) is 0.882. The number of hydrogen-bond donors (Lipinski definition) is 0. The summed E-state index contributed by atoms with van der Waals surface area (Å²) in [6.45, 7) is 2.39. The van der Waals surface area contributed by atoms with Crippen LogP contribution in [-0.2, 0) is 0 Å². The molecule has 0 heterocycles. The molecule has 0 radical (unpaired) electrons. The fraction of sp³-hybridized carbons (Fsp3) is 1.00. The second-order valence-corrected chi connectivity index (χ2v) is 5.32. The smallest absolute Gasteiger partial charge is 0.0208 e. The van der Waals surface area contributed by atoms with Crippen LogP contribution < -0.4 is 0 Å². The zero-order valence-corrected chi connectivity index (χ0v) is 8.15. The van der Waals surface area contributed by atoms with Gasteiger partial charge in [-0.3, -0.25) is 0 Å². The van der Waals surface area contributed by atoms with Gasteiger partial charge in [-0.1, -0.05) is 35.7 Å². The molecule has 2 saturated carbocycles. The van der Waals surface area contributed by atoms with E-state index in [1.165, 1.54) is 32.1 Å². The molecule has 2 aliphatic carbocycles. The highest BCUT2D eigenvalue weighted by atomic mass is 79.9.